The number of rotatable bonds is 5. The summed E-state index contributed by atoms with van der Waals surface area (Å²) in [6.07, 6.45) is 3.35. The van der Waals surface area contributed by atoms with Crippen molar-refractivity contribution < 1.29 is 9.59 Å². The summed E-state index contributed by atoms with van der Waals surface area (Å²) in [4.78, 5) is 26.3. The van der Waals surface area contributed by atoms with E-state index in [4.69, 9.17) is 0 Å². The van der Waals surface area contributed by atoms with Crippen LogP contribution in [-0.4, -0.2) is 60.4 Å². The first kappa shape index (κ1) is 19.6. The predicted octanol–water partition coefficient (Wildman–Crippen LogP) is 1.27. The van der Waals surface area contributed by atoms with Crippen LogP contribution in [0.3, 0.4) is 0 Å². The average molecular weight is 350 g/mol. The number of nitrogens with one attached hydrogen (secondary N) is 2. The maximum absolute atomic E-state index is 12.4. The van der Waals surface area contributed by atoms with E-state index in [0.717, 1.165) is 50.4 Å². The predicted molar refractivity (Wildman–Crippen MR) is 93.6 cm³/mol. The Bertz CT molecular complexity index is 365. The Labute approximate surface area is 143 Å². The normalized spacial score (nSPS) is 25.2. The quantitative estimate of drug-likeness (QED) is 0.784. The number of hydrogen-bond donors (Lipinski definition) is 2. The second-order valence-corrected chi connectivity index (χ2v) is 7.05. The highest BCUT2D eigenvalue weighted by Crippen LogP contribution is 2.19. The van der Waals surface area contributed by atoms with Gasteiger partial charge in [-0.05, 0) is 19.3 Å². The molecule has 5 nitrogen and oxygen atoms in total. The molecule has 0 aromatic rings. The third kappa shape index (κ3) is 5.97. The maximum atomic E-state index is 12.4. The van der Waals surface area contributed by atoms with Gasteiger partial charge >= 0.3 is 0 Å². The molecule has 0 aromatic carbocycles. The van der Waals surface area contributed by atoms with Crippen LogP contribution in [0.1, 0.15) is 32.6 Å². The van der Waals surface area contributed by atoms with Crippen molar-refractivity contribution in [2.75, 3.05) is 37.7 Å². The molecule has 0 spiro atoms. The van der Waals surface area contributed by atoms with Gasteiger partial charge < -0.3 is 15.5 Å². The van der Waals surface area contributed by atoms with Gasteiger partial charge in [-0.1, -0.05) is 6.92 Å². The molecule has 0 aliphatic carbocycles. The molecule has 0 radical (unpaired) electrons. The lowest BCUT2D eigenvalue weighted by atomic mass is 9.96. The van der Waals surface area contributed by atoms with E-state index < -0.39 is 0 Å². The molecular weight excluding hydrogens is 322 g/mol. The van der Waals surface area contributed by atoms with Gasteiger partial charge in [0.05, 0.1) is 5.92 Å². The van der Waals surface area contributed by atoms with Crippen molar-refractivity contribution in [3.63, 3.8) is 0 Å². The number of halogens is 1. The van der Waals surface area contributed by atoms with E-state index in [2.05, 4.69) is 10.6 Å². The van der Waals surface area contributed by atoms with E-state index in [0.29, 0.717) is 19.0 Å². The Balaban J connectivity index is 0.00000242. The van der Waals surface area contributed by atoms with Gasteiger partial charge in [-0.25, -0.2) is 0 Å². The third-order valence-electron chi connectivity index (χ3n) is 4.11. The van der Waals surface area contributed by atoms with Gasteiger partial charge in [0.1, 0.15) is 0 Å². The Morgan fingerprint density at radius 1 is 1.41 bits per heavy atom. The fraction of sp³-hybridized carbons (Fsp3) is 0.867. The smallest absolute Gasteiger partial charge is 0.224 e. The second-order valence-electron chi connectivity index (χ2n) is 5.90. The van der Waals surface area contributed by atoms with Gasteiger partial charge in [0, 0.05) is 50.1 Å². The van der Waals surface area contributed by atoms with Crippen LogP contribution >= 0.6 is 24.2 Å². The number of likely N-dealkylation sites (tertiary alicyclic amines) is 1. The van der Waals surface area contributed by atoms with Crippen molar-refractivity contribution in [2.24, 2.45) is 5.92 Å². The van der Waals surface area contributed by atoms with Crippen LogP contribution in [0.15, 0.2) is 0 Å². The molecule has 7 heteroatoms. The molecule has 22 heavy (non-hydrogen) atoms. The molecule has 2 aliphatic rings. The van der Waals surface area contributed by atoms with Crippen LogP contribution in [0.4, 0.5) is 0 Å². The Morgan fingerprint density at radius 2 is 2.23 bits per heavy atom. The van der Waals surface area contributed by atoms with E-state index in [1.54, 1.807) is 0 Å². The molecule has 2 aliphatic heterocycles. The van der Waals surface area contributed by atoms with Crippen LogP contribution < -0.4 is 10.6 Å². The van der Waals surface area contributed by atoms with E-state index in [9.17, 15) is 9.59 Å². The highest BCUT2D eigenvalue weighted by Gasteiger charge is 2.29. The molecule has 2 atom stereocenters. The minimum absolute atomic E-state index is 0. The number of nitrogens with zero attached hydrogens (tertiary/aromatic N) is 1. The lowest BCUT2D eigenvalue weighted by Gasteiger charge is -2.33. The Hall–Kier alpha value is -0.460. The van der Waals surface area contributed by atoms with Gasteiger partial charge in [0.15, 0.2) is 0 Å². The van der Waals surface area contributed by atoms with Gasteiger partial charge in [-0.3, -0.25) is 9.59 Å². The van der Waals surface area contributed by atoms with Crippen molar-refractivity contribution in [3.8, 4) is 0 Å². The minimum Gasteiger partial charge on any atom is -0.356 e. The Kier molecular flexibility index (Phi) is 9.21. The number of carbonyl (C=O) groups excluding carboxylic acids is 2. The number of amides is 2. The average Bonchev–Trinajstić information content (AvgIpc) is 2.53. The molecule has 2 rings (SSSR count). The highest BCUT2D eigenvalue weighted by atomic mass is 35.5. The molecule has 0 saturated carbocycles. The molecule has 2 fully saturated rings. The highest BCUT2D eigenvalue weighted by molar-refractivity contribution is 7.99. The van der Waals surface area contributed by atoms with Gasteiger partial charge in [0.25, 0.3) is 0 Å². The molecule has 2 amide bonds. The molecule has 0 aromatic heterocycles. The summed E-state index contributed by atoms with van der Waals surface area (Å²) in [5.41, 5.74) is 0. The van der Waals surface area contributed by atoms with Crippen LogP contribution in [0.2, 0.25) is 0 Å². The monoisotopic (exact) mass is 349 g/mol. The van der Waals surface area contributed by atoms with Crippen LogP contribution in [0.5, 0.6) is 0 Å². The van der Waals surface area contributed by atoms with Crippen molar-refractivity contribution in [1.29, 1.82) is 0 Å². The summed E-state index contributed by atoms with van der Waals surface area (Å²) in [5, 5.41) is 6.35. The summed E-state index contributed by atoms with van der Waals surface area (Å²) < 4.78 is 0. The largest absolute Gasteiger partial charge is 0.356 e. The third-order valence-corrected chi connectivity index (χ3v) is 5.24. The Morgan fingerprint density at radius 3 is 2.91 bits per heavy atom. The maximum Gasteiger partial charge on any atom is 0.224 e. The number of thioether (sulfide) groups is 1. The van der Waals surface area contributed by atoms with E-state index in [1.165, 1.54) is 0 Å². The SMILES string of the molecule is CCCNC(=O)C1CCCN(C(=O)CC2CSCCN2)C1.Cl. The van der Waals surface area contributed by atoms with E-state index in [-0.39, 0.29) is 30.1 Å². The number of carbonyl (C=O) groups is 2. The lowest BCUT2D eigenvalue weighted by molar-refractivity contribution is -0.136. The van der Waals surface area contributed by atoms with E-state index in [1.807, 2.05) is 23.6 Å². The standard InChI is InChI=1S/C15H27N3O2S.ClH/c1-2-5-17-15(20)12-4-3-7-18(10-12)14(19)9-13-11-21-8-6-16-13;/h12-13,16H,2-11H2,1H3,(H,17,20);1H. The van der Waals surface area contributed by atoms with Crippen molar-refractivity contribution >= 4 is 36.0 Å². The van der Waals surface area contributed by atoms with Gasteiger partial charge in [-0.15, -0.1) is 12.4 Å². The fourth-order valence-corrected chi connectivity index (χ4v) is 3.85. The first-order valence-corrected chi connectivity index (χ1v) is 9.22. The molecular formula is C15H28ClN3O2S. The molecule has 2 heterocycles. The topological polar surface area (TPSA) is 61.4 Å². The van der Waals surface area contributed by atoms with Crippen LogP contribution in [0.25, 0.3) is 0 Å². The molecule has 0 bridgehead atoms. The number of piperidine rings is 1. The second kappa shape index (κ2) is 10.3. The minimum atomic E-state index is -0.0251. The van der Waals surface area contributed by atoms with Crippen LogP contribution in [-0.2, 0) is 9.59 Å². The summed E-state index contributed by atoms with van der Waals surface area (Å²) in [5.74, 6) is 2.43. The molecule has 2 N–H and O–H groups in total. The first-order chi connectivity index (χ1) is 10.2. The zero-order valence-electron chi connectivity index (χ0n) is 13.3. The first-order valence-electron chi connectivity index (χ1n) is 8.07. The zero-order valence-corrected chi connectivity index (χ0v) is 14.9. The van der Waals surface area contributed by atoms with Gasteiger partial charge in [0.2, 0.25) is 11.8 Å². The molecule has 2 unspecified atom stereocenters. The zero-order chi connectivity index (χ0) is 15.1. The summed E-state index contributed by atoms with van der Waals surface area (Å²) in [6.45, 7) is 5.16. The molecule has 2 saturated heterocycles. The molecule has 128 valence electrons. The summed E-state index contributed by atoms with van der Waals surface area (Å²) in [7, 11) is 0. The van der Waals surface area contributed by atoms with Crippen LogP contribution in [0, 0.1) is 5.92 Å². The van der Waals surface area contributed by atoms with Crippen molar-refractivity contribution in [3.05, 3.63) is 0 Å². The van der Waals surface area contributed by atoms with E-state index >= 15 is 0 Å². The van der Waals surface area contributed by atoms with Crippen molar-refractivity contribution in [2.45, 2.75) is 38.6 Å². The van der Waals surface area contributed by atoms with Gasteiger partial charge in [-0.2, -0.15) is 11.8 Å². The number of hydrogen-bond acceptors (Lipinski definition) is 4. The lowest BCUT2D eigenvalue weighted by Crippen LogP contribution is -2.48. The fourth-order valence-electron chi connectivity index (χ4n) is 2.90. The summed E-state index contributed by atoms with van der Waals surface area (Å²) >= 11 is 1.91. The van der Waals surface area contributed by atoms with Crippen molar-refractivity contribution in [1.82, 2.24) is 15.5 Å². The summed E-state index contributed by atoms with van der Waals surface area (Å²) in [6, 6.07) is 0.297.